The Morgan fingerprint density at radius 2 is 1.21 bits per heavy atom. The molecule has 0 saturated carbocycles. The molecule has 0 radical (unpaired) electrons. The molecule has 2 unspecified atom stereocenters. The normalized spacial score (nSPS) is 30.5. The fraction of sp³-hybridized carbons (Fsp3) is 1.00. The Kier molecular flexibility index (Phi) is 8.58. The van der Waals surface area contributed by atoms with E-state index in [-0.39, 0.29) is 25.4 Å². The van der Waals surface area contributed by atoms with Crippen molar-refractivity contribution in [2.24, 2.45) is 0 Å². The first-order chi connectivity index (χ1) is 12.2. The predicted molar refractivity (Wildman–Crippen MR) is 125 cm³/mol. The van der Waals surface area contributed by atoms with Crippen LogP contribution < -0.4 is 0 Å². The third-order valence-corrected chi connectivity index (χ3v) is 7.75. The van der Waals surface area contributed by atoms with Gasteiger partial charge in [-0.15, -0.1) is 0 Å². The topological polar surface area (TPSA) is 66.4 Å². The molecule has 168 valence electrons. The molecule has 6 nitrogen and oxygen atoms in total. The van der Waals surface area contributed by atoms with Crippen LogP contribution in [0.15, 0.2) is 0 Å². The Hall–Kier alpha value is 0.628. The molecule has 1 aliphatic heterocycles. The van der Waals surface area contributed by atoms with E-state index < -0.39 is 45.2 Å². The van der Waals surface area contributed by atoms with E-state index >= 15 is 0 Å². The number of hydrogen-bond donors (Lipinski definition) is 1. The van der Waals surface area contributed by atoms with E-state index in [1.807, 2.05) is 0 Å². The second-order valence-electron chi connectivity index (χ2n) is 11.7. The third-order valence-electron chi connectivity index (χ3n) is 3.79. The maximum Gasteiger partial charge on any atom is 0.216 e. The van der Waals surface area contributed by atoms with E-state index in [4.69, 9.17) is 22.4 Å². The van der Waals surface area contributed by atoms with Gasteiger partial charge in [0, 0.05) is 0 Å². The number of hydrogen-bond acceptors (Lipinski definition) is 6. The second kappa shape index (κ2) is 9.01. The van der Waals surface area contributed by atoms with Crippen LogP contribution in [0.3, 0.4) is 0 Å². The molecule has 0 bridgehead atoms. The largest absolute Gasteiger partial charge is 0.412 e. The Balaban J connectivity index is 3.29. The lowest BCUT2D eigenvalue weighted by molar-refractivity contribution is -0.320. The Morgan fingerprint density at radius 3 is 1.61 bits per heavy atom. The quantitative estimate of drug-likeness (QED) is 0.511. The minimum Gasteiger partial charge on any atom is -0.412 e. The van der Waals surface area contributed by atoms with E-state index in [1.165, 1.54) is 0 Å². The van der Waals surface area contributed by atoms with Gasteiger partial charge in [-0.2, -0.15) is 0 Å². The molecule has 1 saturated heterocycles. The molecule has 0 amide bonds. The molecular weight excluding hydrogens is 425 g/mol. The Bertz CT molecular complexity index is 506. The van der Waals surface area contributed by atoms with Crippen LogP contribution in [-0.4, -0.2) is 75.7 Å². The summed E-state index contributed by atoms with van der Waals surface area (Å²) in [5.74, 6) is -1.54. The minimum absolute atomic E-state index is 0.0864. The van der Waals surface area contributed by atoms with Gasteiger partial charge in [0.25, 0.3) is 0 Å². The summed E-state index contributed by atoms with van der Waals surface area (Å²) < 4.78 is 31.6. The van der Waals surface area contributed by atoms with Gasteiger partial charge < -0.3 is 27.5 Å². The lowest BCUT2D eigenvalue weighted by atomic mass is 9.97. The Labute approximate surface area is 176 Å². The van der Waals surface area contributed by atoms with Gasteiger partial charge in [0.15, 0.2) is 33.3 Å². The molecule has 10 heteroatoms. The van der Waals surface area contributed by atoms with Gasteiger partial charge in [-0.1, -0.05) is 0 Å². The zero-order chi connectivity index (χ0) is 22.2. The van der Waals surface area contributed by atoms with Crippen molar-refractivity contribution in [3.63, 3.8) is 0 Å². The fourth-order valence-corrected chi connectivity index (χ4v) is 6.86. The summed E-state index contributed by atoms with van der Waals surface area (Å²) in [6.45, 7) is 25.9. The van der Waals surface area contributed by atoms with Gasteiger partial charge in [0.2, 0.25) is 5.79 Å². The highest BCUT2D eigenvalue weighted by atomic mass is 28.4. The van der Waals surface area contributed by atoms with Crippen LogP contribution in [0.5, 0.6) is 0 Å². The third kappa shape index (κ3) is 9.62. The molecule has 1 N–H and O–H groups in total. The average molecular weight is 469 g/mol. The molecule has 0 spiro atoms. The first kappa shape index (κ1) is 26.7. The molecule has 1 aliphatic rings. The summed E-state index contributed by atoms with van der Waals surface area (Å²) in [5.41, 5.74) is 0. The van der Waals surface area contributed by atoms with Gasteiger partial charge >= 0.3 is 0 Å². The van der Waals surface area contributed by atoms with Crippen molar-refractivity contribution < 1.29 is 27.5 Å². The zero-order valence-corrected chi connectivity index (χ0v) is 24.1. The molecule has 0 aliphatic carbocycles. The highest BCUT2D eigenvalue weighted by Crippen LogP contribution is 2.35. The Morgan fingerprint density at radius 1 is 0.750 bits per heavy atom. The van der Waals surface area contributed by atoms with Crippen molar-refractivity contribution in [3.05, 3.63) is 0 Å². The van der Waals surface area contributed by atoms with E-state index in [9.17, 15) is 5.11 Å². The predicted octanol–water partition coefficient (Wildman–Crippen LogP) is 4.22. The lowest BCUT2D eigenvalue weighted by Gasteiger charge is -2.51. The maximum atomic E-state index is 11.5. The lowest BCUT2D eigenvalue weighted by Crippen LogP contribution is -2.69. The van der Waals surface area contributed by atoms with Gasteiger partial charge in [-0.3, -0.25) is 0 Å². The molecule has 0 aromatic rings. The smallest absolute Gasteiger partial charge is 0.216 e. The number of ether oxygens (including phenoxy) is 1. The maximum absolute atomic E-state index is 11.5. The monoisotopic (exact) mass is 468 g/mol. The van der Waals surface area contributed by atoms with Crippen LogP contribution in [-0.2, 0) is 22.4 Å². The minimum atomic E-state index is -2.01. The van der Waals surface area contributed by atoms with Crippen LogP contribution in [0.2, 0.25) is 78.6 Å². The van der Waals surface area contributed by atoms with Crippen LogP contribution in [0, 0.1) is 0 Å². The second-order valence-corrected chi connectivity index (χ2v) is 29.6. The summed E-state index contributed by atoms with van der Waals surface area (Å²) in [5, 5.41) is 11.5. The molecule has 0 aromatic carbocycles. The van der Waals surface area contributed by atoms with Gasteiger partial charge in [0.05, 0.1) is 19.3 Å². The molecule has 1 fully saturated rings. The zero-order valence-electron chi connectivity index (χ0n) is 20.1. The molecular formula is C18H44O6Si4. The summed E-state index contributed by atoms with van der Waals surface area (Å²) in [6.07, 6.45) is -1.28. The SMILES string of the molecule is C[Si](C)(C)OC[C@]1(O)OC[C@@H](O[Si](C)(C)C)C(O[Si](C)(C)C)C1O[Si](C)(C)C. The number of rotatable bonds is 9. The van der Waals surface area contributed by atoms with E-state index in [1.54, 1.807) is 0 Å². The van der Waals surface area contributed by atoms with Gasteiger partial charge in [-0.25, -0.2) is 0 Å². The van der Waals surface area contributed by atoms with Crippen LogP contribution in [0.25, 0.3) is 0 Å². The van der Waals surface area contributed by atoms with Gasteiger partial charge in [-0.05, 0) is 78.6 Å². The van der Waals surface area contributed by atoms with Crippen molar-refractivity contribution in [2.45, 2.75) is 103 Å². The molecule has 4 atom stereocenters. The van der Waals surface area contributed by atoms with Crippen molar-refractivity contribution >= 4 is 33.3 Å². The first-order valence-corrected chi connectivity index (χ1v) is 23.9. The molecule has 1 heterocycles. The molecule has 1 rings (SSSR count). The van der Waals surface area contributed by atoms with E-state index in [0.717, 1.165) is 0 Å². The van der Waals surface area contributed by atoms with Crippen molar-refractivity contribution in [1.29, 1.82) is 0 Å². The van der Waals surface area contributed by atoms with E-state index in [0.29, 0.717) is 0 Å². The summed E-state index contributed by atoms with van der Waals surface area (Å²) >= 11 is 0. The summed E-state index contributed by atoms with van der Waals surface area (Å²) in [6, 6.07) is 0. The van der Waals surface area contributed by atoms with Crippen LogP contribution in [0.4, 0.5) is 0 Å². The van der Waals surface area contributed by atoms with Crippen molar-refractivity contribution in [3.8, 4) is 0 Å². The number of aliphatic hydroxyl groups is 1. The van der Waals surface area contributed by atoms with Gasteiger partial charge in [0.1, 0.15) is 12.2 Å². The average Bonchev–Trinajstić information content (AvgIpc) is 2.40. The van der Waals surface area contributed by atoms with Crippen molar-refractivity contribution in [1.82, 2.24) is 0 Å². The standard InChI is InChI=1S/C18H44O6Si4/c1-25(2,3)21-14-18(19)17(24-28(10,11)12)16(23-27(7,8)9)15(13-20-18)22-26(4,5)6/h15-17,19H,13-14H2,1-12H3/t15-,16?,17?,18+/m1/s1. The fourth-order valence-electron chi connectivity index (χ4n) is 2.94. The first-order valence-electron chi connectivity index (χ1n) is 10.2. The summed E-state index contributed by atoms with van der Waals surface area (Å²) in [4.78, 5) is 0. The molecule has 28 heavy (non-hydrogen) atoms. The summed E-state index contributed by atoms with van der Waals surface area (Å²) in [7, 11) is -7.62. The van der Waals surface area contributed by atoms with Crippen LogP contribution >= 0.6 is 0 Å². The highest BCUT2D eigenvalue weighted by Gasteiger charge is 2.55. The van der Waals surface area contributed by atoms with Crippen LogP contribution in [0.1, 0.15) is 0 Å². The van der Waals surface area contributed by atoms with E-state index in [2.05, 4.69) is 78.6 Å². The molecule has 0 aromatic heterocycles. The highest BCUT2D eigenvalue weighted by molar-refractivity contribution is 6.71. The van der Waals surface area contributed by atoms with Crippen molar-refractivity contribution in [2.75, 3.05) is 13.2 Å².